The van der Waals surface area contributed by atoms with Crippen LogP contribution in [0.1, 0.15) is 5.82 Å². The minimum absolute atomic E-state index is 0.278. The zero-order valence-corrected chi connectivity index (χ0v) is 10.8. The maximum Gasteiger partial charge on any atom is 0.293 e. The lowest BCUT2D eigenvalue weighted by atomic mass is 10.3. The van der Waals surface area contributed by atoms with Gasteiger partial charge in [-0.2, -0.15) is 0 Å². The Kier molecular flexibility index (Phi) is 2.41. The van der Waals surface area contributed by atoms with Gasteiger partial charge in [0.15, 0.2) is 5.82 Å². The molecule has 0 fully saturated rings. The number of halogens is 2. The molecule has 0 saturated carbocycles. The summed E-state index contributed by atoms with van der Waals surface area (Å²) in [4.78, 5) is 18.7. The first-order valence-electron chi connectivity index (χ1n) is 4.82. The van der Waals surface area contributed by atoms with E-state index >= 15 is 0 Å². The van der Waals surface area contributed by atoms with Crippen molar-refractivity contribution in [3.05, 3.63) is 39.4 Å². The summed E-state index contributed by atoms with van der Waals surface area (Å²) in [5, 5.41) is 5.31. The highest BCUT2D eigenvalue weighted by Crippen LogP contribution is 2.16. The summed E-state index contributed by atoms with van der Waals surface area (Å²) in [6.45, 7) is 0. The molecule has 0 bridgehead atoms. The van der Waals surface area contributed by atoms with Crippen LogP contribution in [0.25, 0.3) is 16.7 Å². The Morgan fingerprint density at radius 3 is 3.06 bits per heavy atom. The summed E-state index contributed by atoms with van der Waals surface area (Å²) in [7, 11) is 0. The first-order valence-corrected chi connectivity index (χ1v) is 6.32. The molecule has 86 valence electrons. The molecule has 17 heavy (non-hydrogen) atoms. The molecule has 0 aliphatic rings. The van der Waals surface area contributed by atoms with E-state index in [2.05, 4.69) is 31.0 Å². The summed E-state index contributed by atoms with van der Waals surface area (Å²) in [6.07, 6.45) is 0. The van der Waals surface area contributed by atoms with Crippen LogP contribution in [0.15, 0.2) is 23.0 Å². The third-order valence-electron chi connectivity index (χ3n) is 2.41. The molecule has 3 aromatic rings. The van der Waals surface area contributed by atoms with Crippen LogP contribution in [0.4, 0.5) is 0 Å². The topological polar surface area (TPSA) is 63.0 Å². The lowest BCUT2D eigenvalue weighted by molar-refractivity contribution is 0.951. The lowest BCUT2D eigenvalue weighted by Gasteiger charge is -2.00. The van der Waals surface area contributed by atoms with Gasteiger partial charge < -0.3 is 4.98 Å². The Morgan fingerprint density at radius 1 is 1.47 bits per heavy atom. The molecule has 0 aliphatic heterocycles. The second kappa shape index (κ2) is 3.82. The van der Waals surface area contributed by atoms with Crippen molar-refractivity contribution >= 4 is 44.2 Å². The maximum atomic E-state index is 11.8. The predicted molar refractivity (Wildman–Crippen MR) is 68.8 cm³/mol. The summed E-state index contributed by atoms with van der Waals surface area (Å²) in [6, 6.07) is 5.23. The molecule has 0 radical (unpaired) electrons. The van der Waals surface area contributed by atoms with Crippen LogP contribution in [-0.2, 0) is 5.33 Å². The summed E-state index contributed by atoms with van der Waals surface area (Å²) >= 11 is 9.14. The number of nitrogens with one attached hydrogen (secondary N) is 1. The number of nitrogens with zero attached hydrogens (tertiary/aromatic N) is 3. The predicted octanol–water partition coefficient (Wildman–Crippen LogP) is 2.12. The third-order valence-corrected chi connectivity index (χ3v) is 3.15. The zero-order chi connectivity index (χ0) is 12.0. The Bertz CT molecular complexity index is 779. The van der Waals surface area contributed by atoms with E-state index in [1.807, 2.05) is 0 Å². The molecule has 7 heteroatoms. The largest absolute Gasteiger partial charge is 0.317 e. The van der Waals surface area contributed by atoms with Crippen molar-refractivity contribution < 1.29 is 0 Å². The molecule has 1 N–H and O–H groups in total. The smallest absolute Gasteiger partial charge is 0.293 e. The highest BCUT2D eigenvalue weighted by atomic mass is 79.9. The monoisotopic (exact) mass is 312 g/mol. The standard InChI is InChI=1S/C10H6BrClN4O/c11-4-8-14-9-10(17)13-6-3-5(12)1-2-7(6)16(9)15-8/h1-3H,4H2,(H,13,17). The van der Waals surface area contributed by atoms with Crippen molar-refractivity contribution in [3.63, 3.8) is 0 Å². The van der Waals surface area contributed by atoms with Crippen molar-refractivity contribution in [1.82, 2.24) is 19.6 Å². The van der Waals surface area contributed by atoms with E-state index in [4.69, 9.17) is 11.6 Å². The van der Waals surface area contributed by atoms with Gasteiger partial charge in [-0.05, 0) is 18.2 Å². The van der Waals surface area contributed by atoms with Crippen LogP contribution >= 0.6 is 27.5 Å². The van der Waals surface area contributed by atoms with Crippen LogP contribution in [-0.4, -0.2) is 19.6 Å². The van der Waals surface area contributed by atoms with Gasteiger partial charge in [-0.1, -0.05) is 27.5 Å². The van der Waals surface area contributed by atoms with Gasteiger partial charge in [0.2, 0.25) is 5.65 Å². The lowest BCUT2D eigenvalue weighted by Crippen LogP contribution is -2.11. The van der Waals surface area contributed by atoms with Gasteiger partial charge in [0, 0.05) is 5.02 Å². The Morgan fingerprint density at radius 2 is 2.29 bits per heavy atom. The quantitative estimate of drug-likeness (QED) is 0.700. The number of aromatic amines is 1. The van der Waals surface area contributed by atoms with E-state index in [0.29, 0.717) is 21.7 Å². The van der Waals surface area contributed by atoms with Crippen molar-refractivity contribution in [2.24, 2.45) is 0 Å². The van der Waals surface area contributed by atoms with Crippen LogP contribution in [0.2, 0.25) is 5.02 Å². The summed E-state index contributed by atoms with van der Waals surface area (Å²) in [5.41, 5.74) is 1.42. The van der Waals surface area contributed by atoms with E-state index < -0.39 is 0 Å². The fourth-order valence-electron chi connectivity index (χ4n) is 1.70. The third kappa shape index (κ3) is 1.64. The SMILES string of the molecule is O=c1[nH]c2cc(Cl)ccc2n2nc(CBr)nc12. The fourth-order valence-corrected chi connectivity index (χ4v) is 2.11. The van der Waals surface area contributed by atoms with Crippen LogP contribution in [0, 0.1) is 0 Å². The Hall–Kier alpha value is -1.40. The minimum atomic E-state index is -0.278. The van der Waals surface area contributed by atoms with Crippen LogP contribution < -0.4 is 5.56 Å². The van der Waals surface area contributed by atoms with E-state index in [9.17, 15) is 4.79 Å². The molecule has 0 saturated heterocycles. The van der Waals surface area contributed by atoms with Gasteiger partial charge in [-0.3, -0.25) is 4.79 Å². The highest BCUT2D eigenvalue weighted by Gasteiger charge is 2.10. The molecule has 0 unspecified atom stereocenters. The van der Waals surface area contributed by atoms with E-state index in [0.717, 1.165) is 5.52 Å². The average molecular weight is 314 g/mol. The number of hydrogen-bond acceptors (Lipinski definition) is 3. The minimum Gasteiger partial charge on any atom is -0.317 e. The number of aromatic nitrogens is 4. The Balaban J connectivity index is 2.54. The number of alkyl halides is 1. The van der Waals surface area contributed by atoms with Crippen molar-refractivity contribution in [3.8, 4) is 0 Å². The maximum absolute atomic E-state index is 11.8. The average Bonchev–Trinajstić information content (AvgIpc) is 2.73. The van der Waals surface area contributed by atoms with E-state index in [1.54, 1.807) is 18.2 Å². The van der Waals surface area contributed by atoms with Gasteiger partial charge >= 0.3 is 0 Å². The molecular formula is C10H6BrClN4O. The normalized spacial score (nSPS) is 11.4. The molecular weight excluding hydrogens is 307 g/mol. The first-order chi connectivity index (χ1) is 8.19. The number of rotatable bonds is 1. The van der Waals surface area contributed by atoms with Gasteiger partial charge in [-0.25, -0.2) is 9.50 Å². The number of benzene rings is 1. The molecule has 0 atom stereocenters. The highest BCUT2D eigenvalue weighted by molar-refractivity contribution is 9.08. The zero-order valence-electron chi connectivity index (χ0n) is 8.44. The van der Waals surface area contributed by atoms with Crippen LogP contribution in [0.3, 0.4) is 0 Å². The molecule has 5 nitrogen and oxygen atoms in total. The van der Waals surface area contributed by atoms with Gasteiger partial charge in [0.05, 0.1) is 16.4 Å². The molecule has 0 spiro atoms. The number of fused-ring (bicyclic) bond motifs is 3. The van der Waals surface area contributed by atoms with Gasteiger partial charge in [0.1, 0.15) is 0 Å². The van der Waals surface area contributed by atoms with Gasteiger partial charge in [-0.15, -0.1) is 5.10 Å². The van der Waals surface area contributed by atoms with Crippen molar-refractivity contribution in [2.75, 3.05) is 0 Å². The van der Waals surface area contributed by atoms with Crippen molar-refractivity contribution in [2.45, 2.75) is 5.33 Å². The molecule has 0 amide bonds. The molecule has 2 heterocycles. The molecule has 3 rings (SSSR count). The first kappa shape index (κ1) is 10.7. The Labute approximate surface area is 109 Å². The summed E-state index contributed by atoms with van der Waals surface area (Å²) in [5.74, 6) is 0.568. The van der Waals surface area contributed by atoms with Crippen LogP contribution in [0.5, 0.6) is 0 Å². The van der Waals surface area contributed by atoms with Crippen molar-refractivity contribution in [1.29, 1.82) is 0 Å². The second-order valence-corrected chi connectivity index (χ2v) is 4.51. The second-order valence-electron chi connectivity index (χ2n) is 3.51. The fraction of sp³-hybridized carbons (Fsp3) is 0.100. The molecule has 1 aromatic carbocycles. The number of hydrogen-bond donors (Lipinski definition) is 1. The summed E-state index contributed by atoms with van der Waals surface area (Å²) < 4.78 is 1.53. The van der Waals surface area contributed by atoms with E-state index in [1.165, 1.54) is 4.52 Å². The number of H-pyrrole nitrogens is 1. The molecule has 2 aromatic heterocycles. The van der Waals surface area contributed by atoms with E-state index in [-0.39, 0.29) is 11.2 Å². The molecule has 0 aliphatic carbocycles. The van der Waals surface area contributed by atoms with Gasteiger partial charge in [0.25, 0.3) is 5.56 Å².